The van der Waals surface area contributed by atoms with E-state index in [1.165, 1.54) is 6.20 Å². The van der Waals surface area contributed by atoms with Crippen LogP contribution < -0.4 is 19.7 Å². The molecule has 1 atom stereocenters. The highest BCUT2D eigenvalue weighted by Crippen LogP contribution is 2.30. The van der Waals surface area contributed by atoms with Gasteiger partial charge in [0, 0.05) is 19.2 Å². The molecule has 0 saturated carbocycles. The molecule has 0 spiro atoms. The molecular weight excluding hydrogens is 322 g/mol. The second-order valence-electron chi connectivity index (χ2n) is 5.62. The molecule has 1 aromatic heterocycles. The molecule has 0 radical (unpaired) electrons. The second-order valence-corrected chi connectivity index (χ2v) is 5.62. The first-order valence-electron chi connectivity index (χ1n) is 7.93. The number of nitrogens with one attached hydrogen (secondary N) is 1. The fourth-order valence-corrected chi connectivity index (χ4v) is 2.74. The van der Waals surface area contributed by atoms with Gasteiger partial charge in [0.1, 0.15) is 11.5 Å². The minimum absolute atomic E-state index is 0.0528. The lowest BCUT2D eigenvalue weighted by molar-refractivity contribution is -0.123. The van der Waals surface area contributed by atoms with E-state index in [1.807, 2.05) is 18.2 Å². The molecule has 1 aliphatic heterocycles. The highest BCUT2D eigenvalue weighted by Gasteiger charge is 2.32. The Morgan fingerprint density at radius 2 is 2.16 bits per heavy atom. The molecule has 130 valence electrons. The Labute approximate surface area is 145 Å². The lowest BCUT2D eigenvalue weighted by atomic mass is 10.2. The SMILES string of the molecule is COc1ccccc1N1CC(NC(=O)COc2cccnc2)CC1=O. The molecule has 1 aromatic carbocycles. The van der Waals surface area contributed by atoms with Gasteiger partial charge in [0.2, 0.25) is 5.91 Å². The van der Waals surface area contributed by atoms with Crippen LogP contribution in [0.3, 0.4) is 0 Å². The van der Waals surface area contributed by atoms with Gasteiger partial charge in [-0.05, 0) is 24.3 Å². The van der Waals surface area contributed by atoms with Crippen LogP contribution in [0.25, 0.3) is 0 Å². The maximum Gasteiger partial charge on any atom is 0.258 e. The van der Waals surface area contributed by atoms with Gasteiger partial charge in [-0.3, -0.25) is 14.6 Å². The fourth-order valence-electron chi connectivity index (χ4n) is 2.74. The van der Waals surface area contributed by atoms with Crippen molar-refractivity contribution in [2.45, 2.75) is 12.5 Å². The Morgan fingerprint density at radius 1 is 1.32 bits per heavy atom. The number of anilines is 1. The van der Waals surface area contributed by atoms with Gasteiger partial charge in [0.25, 0.3) is 5.91 Å². The molecule has 1 N–H and O–H groups in total. The van der Waals surface area contributed by atoms with Crippen molar-refractivity contribution in [3.8, 4) is 11.5 Å². The molecule has 1 unspecified atom stereocenters. The van der Waals surface area contributed by atoms with E-state index < -0.39 is 0 Å². The quantitative estimate of drug-likeness (QED) is 0.859. The normalized spacial score (nSPS) is 16.6. The number of ether oxygens (including phenoxy) is 2. The van der Waals surface area contributed by atoms with E-state index in [2.05, 4.69) is 10.3 Å². The van der Waals surface area contributed by atoms with Crippen LogP contribution in [0, 0.1) is 0 Å². The van der Waals surface area contributed by atoms with Crippen molar-refractivity contribution in [1.82, 2.24) is 10.3 Å². The summed E-state index contributed by atoms with van der Waals surface area (Å²) in [6, 6.07) is 10.5. The number of rotatable bonds is 6. The van der Waals surface area contributed by atoms with Crippen LogP contribution in [-0.2, 0) is 9.59 Å². The zero-order valence-corrected chi connectivity index (χ0v) is 13.8. The highest BCUT2D eigenvalue weighted by molar-refractivity contribution is 5.98. The number of hydrogen-bond acceptors (Lipinski definition) is 5. The van der Waals surface area contributed by atoms with E-state index in [0.717, 1.165) is 0 Å². The third-order valence-electron chi connectivity index (χ3n) is 3.87. The summed E-state index contributed by atoms with van der Waals surface area (Å²) in [5.74, 6) is 0.824. The first-order chi connectivity index (χ1) is 12.2. The van der Waals surface area contributed by atoms with Crippen LogP contribution in [0.4, 0.5) is 5.69 Å². The monoisotopic (exact) mass is 341 g/mol. The van der Waals surface area contributed by atoms with Crippen molar-refractivity contribution >= 4 is 17.5 Å². The Kier molecular flexibility index (Phi) is 5.13. The predicted molar refractivity (Wildman–Crippen MR) is 91.6 cm³/mol. The van der Waals surface area contributed by atoms with E-state index in [4.69, 9.17) is 9.47 Å². The third-order valence-corrected chi connectivity index (χ3v) is 3.87. The number of pyridine rings is 1. The average molecular weight is 341 g/mol. The number of carbonyl (C=O) groups is 2. The van der Waals surface area contributed by atoms with Gasteiger partial charge in [-0.2, -0.15) is 0 Å². The molecule has 1 saturated heterocycles. The number of carbonyl (C=O) groups excluding carboxylic acids is 2. The molecule has 2 aromatic rings. The van der Waals surface area contributed by atoms with Gasteiger partial charge >= 0.3 is 0 Å². The Balaban J connectivity index is 1.56. The zero-order valence-electron chi connectivity index (χ0n) is 13.8. The summed E-state index contributed by atoms with van der Waals surface area (Å²) in [6.07, 6.45) is 3.41. The van der Waals surface area contributed by atoms with Gasteiger partial charge < -0.3 is 19.7 Å². The smallest absolute Gasteiger partial charge is 0.258 e. The number of amides is 2. The predicted octanol–water partition coefficient (Wildman–Crippen LogP) is 1.39. The molecule has 0 aliphatic carbocycles. The third kappa shape index (κ3) is 4.06. The molecule has 2 amide bonds. The first-order valence-corrected chi connectivity index (χ1v) is 7.93. The van der Waals surface area contributed by atoms with Crippen molar-refractivity contribution < 1.29 is 19.1 Å². The molecule has 2 heterocycles. The van der Waals surface area contributed by atoms with Gasteiger partial charge in [-0.15, -0.1) is 0 Å². The Hall–Kier alpha value is -3.09. The number of nitrogens with zero attached hydrogens (tertiary/aromatic N) is 2. The van der Waals surface area contributed by atoms with Crippen molar-refractivity contribution in [1.29, 1.82) is 0 Å². The largest absolute Gasteiger partial charge is 0.495 e. The minimum atomic E-state index is -0.275. The minimum Gasteiger partial charge on any atom is -0.495 e. The van der Waals surface area contributed by atoms with Gasteiger partial charge in [0.05, 0.1) is 25.0 Å². The van der Waals surface area contributed by atoms with Crippen LogP contribution in [-0.4, -0.2) is 43.1 Å². The summed E-state index contributed by atoms with van der Waals surface area (Å²) in [4.78, 5) is 29.9. The van der Waals surface area contributed by atoms with Crippen LogP contribution in [0.2, 0.25) is 0 Å². The van der Waals surface area contributed by atoms with Crippen LogP contribution >= 0.6 is 0 Å². The number of benzene rings is 1. The summed E-state index contributed by atoms with van der Waals surface area (Å²) in [6.45, 7) is 0.281. The van der Waals surface area contributed by atoms with Gasteiger partial charge in [-0.25, -0.2) is 0 Å². The Bertz CT molecular complexity index is 751. The molecule has 25 heavy (non-hydrogen) atoms. The van der Waals surface area contributed by atoms with Crippen molar-refractivity contribution in [3.05, 3.63) is 48.8 Å². The topological polar surface area (TPSA) is 80.8 Å². The molecule has 3 rings (SSSR count). The Morgan fingerprint density at radius 3 is 2.92 bits per heavy atom. The summed E-state index contributed by atoms with van der Waals surface area (Å²) >= 11 is 0. The van der Waals surface area contributed by atoms with E-state index in [-0.39, 0.29) is 30.9 Å². The number of aromatic nitrogens is 1. The van der Waals surface area contributed by atoms with Crippen LogP contribution in [0.5, 0.6) is 11.5 Å². The molecule has 1 fully saturated rings. The first kappa shape index (κ1) is 16.8. The zero-order chi connectivity index (χ0) is 17.6. The maximum atomic E-state index is 12.3. The summed E-state index contributed by atoms with van der Waals surface area (Å²) in [5, 5.41) is 2.83. The lowest BCUT2D eigenvalue weighted by Gasteiger charge is -2.19. The van der Waals surface area contributed by atoms with Gasteiger partial charge in [0.15, 0.2) is 6.61 Å². The van der Waals surface area contributed by atoms with E-state index in [9.17, 15) is 9.59 Å². The summed E-state index contributed by atoms with van der Waals surface area (Å²) in [5.41, 5.74) is 0.707. The number of hydrogen-bond donors (Lipinski definition) is 1. The van der Waals surface area contributed by atoms with Crippen molar-refractivity contribution in [2.24, 2.45) is 0 Å². The number of para-hydroxylation sites is 2. The fraction of sp³-hybridized carbons (Fsp3) is 0.278. The molecule has 0 bridgehead atoms. The van der Waals surface area contributed by atoms with E-state index in [1.54, 1.807) is 36.4 Å². The molecular formula is C18H19N3O4. The highest BCUT2D eigenvalue weighted by atomic mass is 16.5. The molecule has 1 aliphatic rings. The standard InChI is InChI=1S/C18H19N3O4/c1-24-16-7-3-2-6-15(16)21-11-13(9-18(21)23)20-17(22)12-25-14-5-4-8-19-10-14/h2-8,10,13H,9,11-12H2,1H3,(H,20,22). The van der Waals surface area contributed by atoms with Crippen LogP contribution in [0.15, 0.2) is 48.8 Å². The number of methoxy groups -OCH3 is 1. The summed E-state index contributed by atoms with van der Waals surface area (Å²) in [7, 11) is 1.56. The van der Waals surface area contributed by atoms with E-state index in [0.29, 0.717) is 23.7 Å². The van der Waals surface area contributed by atoms with Crippen molar-refractivity contribution in [3.63, 3.8) is 0 Å². The molecule has 7 nitrogen and oxygen atoms in total. The lowest BCUT2D eigenvalue weighted by Crippen LogP contribution is -2.39. The van der Waals surface area contributed by atoms with Crippen molar-refractivity contribution in [2.75, 3.05) is 25.2 Å². The summed E-state index contributed by atoms with van der Waals surface area (Å²) < 4.78 is 10.7. The van der Waals surface area contributed by atoms with Gasteiger partial charge in [-0.1, -0.05) is 12.1 Å². The molecule has 7 heteroatoms. The average Bonchev–Trinajstić information content (AvgIpc) is 3.00. The van der Waals surface area contributed by atoms with E-state index >= 15 is 0 Å². The van der Waals surface area contributed by atoms with Crippen LogP contribution in [0.1, 0.15) is 6.42 Å². The second kappa shape index (κ2) is 7.65. The maximum absolute atomic E-state index is 12.3.